The van der Waals surface area contributed by atoms with Crippen LogP contribution >= 0.6 is 12.4 Å². The van der Waals surface area contributed by atoms with E-state index >= 15 is 0 Å². The molecule has 1 amide bonds. The molecular formula is C19H27ClFN5O. The highest BCUT2D eigenvalue weighted by atomic mass is 35.5. The molecule has 0 bridgehead atoms. The fraction of sp³-hybridized carbons (Fsp3) is 0.526. The lowest BCUT2D eigenvalue weighted by atomic mass is 9.84. The molecule has 0 unspecified atom stereocenters. The predicted octanol–water partition coefficient (Wildman–Crippen LogP) is 2.78. The Morgan fingerprint density at radius 1 is 1.30 bits per heavy atom. The molecule has 1 aromatic carbocycles. The van der Waals surface area contributed by atoms with Crippen molar-refractivity contribution in [1.29, 1.82) is 0 Å². The minimum Gasteiger partial charge on any atom is -0.350 e. The van der Waals surface area contributed by atoms with Crippen molar-refractivity contribution in [1.82, 2.24) is 25.6 Å². The second kappa shape index (κ2) is 8.80. The summed E-state index contributed by atoms with van der Waals surface area (Å²) in [5.41, 5.74) is 1.82. The molecule has 0 aliphatic carbocycles. The van der Waals surface area contributed by atoms with Crippen LogP contribution in [0.2, 0.25) is 0 Å². The lowest BCUT2D eigenvalue weighted by molar-refractivity contribution is 0.0940. The highest BCUT2D eigenvalue weighted by molar-refractivity contribution is 5.93. The van der Waals surface area contributed by atoms with Gasteiger partial charge in [0.1, 0.15) is 5.82 Å². The Bertz CT molecular complexity index is 769. The van der Waals surface area contributed by atoms with Crippen molar-refractivity contribution in [3.63, 3.8) is 0 Å². The Hall–Kier alpha value is -1.99. The number of amides is 1. The maximum absolute atomic E-state index is 13.1. The fourth-order valence-electron chi connectivity index (χ4n) is 3.34. The number of halogens is 2. The molecule has 0 atom stereocenters. The Kier molecular flexibility index (Phi) is 6.95. The van der Waals surface area contributed by atoms with Crippen LogP contribution in [0.5, 0.6) is 0 Å². The summed E-state index contributed by atoms with van der Waals surface area (Å²) in [6.45, 7) is 8.26. The molecule has 8 heteroatoms. The molecule has 0 spiro atoms. The average molecular weight is 396 g/mol. The Morgan fingerprint density at radius 2 is 1.93 bits per heavy atom. The van der Waals surface area contributed by atoms with E-state index < -0.39 is 0 Å². The van der Waals surface area contributed by atoms with Crippen molar-refractivity contribution in [3.05, 3.63) is 47.0 Å². The number of aromatic nitrogens is 3. The molecular weight excluding hydrogens is 369 g/mol. The number of hydrogen-bond acceptors (Lipinski definition) is 4. The molecule has 2 heterocycles. The van der Waals surface area contributed by atoms with E-state index in [0.29, 0.717) is 18.3 Å². The number of carbonyl (C=O) groups is 1. The van der Waals surface area contributed by atoms with Crippen LogP contribution in [0.25, 0.3) is 0 Å². The zero-order valence-electron chi connectivity index (χ0n) is 16.0. The zero-order valence-corrected chi connectivity index (χ0v) is 16.8. The highest BCUT2D eigenvalue weighted by Gasteiger charge is 2.25. The van der Waals surface area contributed by atoms with E-state index in [0.717, 1.165) is 37.2 Å². The van der Waals surface area contributed by atoms with Gasteiger partial charge in [-0.25, -0.2) is 9.07 Å². The van der Waals surface area contributed by atoms with Crippen LogP contribution in [-0.2, 0) is 5.41 Å². The van der Waals surface area contributed by atoms with Crippen molar-refractivity contribution in [2.24, 2.45) is 0 Å². The minimum absolute atomic E-state index is 0. The average Bonchev–Trinajstić information content (AvgIpc) is 3.02. The van der Waals surface area contributed by atoms with Crippen molar-refractivity contribution in [2.75, 3.05) is 19.6 Å². The van der Waals surface area contributed by atoms with Crippen LogP contribution in [0.1, 0.15) is 54.5 Å². The van der Waals surface area contributed by atoms with Gasteiger partial charge in [0.05, 0.1) is 11.7 Å². The van der Waals surface area contributed by atoms with Crippen LogP contribution < -0.4 is 10.6 Å². The molecule has 0 radical (unpaired) electrons. The SMILES string of the molecule is Cc1c(C(=O)NCC(C)(C)c2ccc(F)cc2)nnn1C1CCNCC1.Cl. The molecule has 1 saturated heterocycles. The molecule has 6 nitrogen and oxygen atoms in total. The summed E-state index contributed by atoms with van der Waals surface area (Å²) in [6.07, 6.45) is 1.98. The summed E-state index contributed by atoms with van der Waals surface area (Å²) in [7, 11) is 0. The largest absolute Gasteiger partial charge is 0.350 e. The third kappa shape index (κ3) is 4.84. The number of hydrogen-bond donors (Lipinski definition) is 2. The molecule has 0 saturated carbocycles. The van der Waals surface area contributed by atoms with E-state index in [2.05, 4.69) is 20.9 Å². The van der Waals surface area contributed by atoms with Crippen molar-refractivity contribution < 1.29 is 9.18 Å². The van der Waals surface area contributed by atoms with Gasteiger partial charge >= 0.3 is 0 Å². The van der Waals surface area contributed by atoms with Crippen LogP contribution in [0, 0.1) is 12.7 Å². The number of nitrogens with zero attached hydrogens (tertiary/aromatic N) is 3. The Balaban J connectivity index is 0.00000261. The quantitative estimate of drug-likeness (QED) is 0.816. The predicted molar refractivity (Wildman–Crippen MR) is 105 cm³/mol. The van der Waals surface area contributed by atoms with Gasteiger partial charge in [-0.1, -0.05) is 31.2 Å². The van der Waals surface area contributed by atoms with Crippen LogP contribution in [0.3, 0.4) is 0 Å². The summed E-state index contributed by atoms with van der Waals surface area (Å²) < 4.78 is 15.0. The standard InChI is InChI=1S/C19H26FN5O.ClH/c1-13-17(23-24-25(13)16-8-10-21-11-9-16)18(26)22-12-19(2,3)14-4-6-15(20)7-5-14;/h4-7,16,21H,8-12H2,1-3H3,(H,22,26);1H. The smallest absolute Gasteiger partial charge is 0.273 e. The molecule has 3 rings (SSSR count). The topological polar surface area (TPSA) is 71.8 Å². The van der Waals surface area contributed by atoms with Crippen LogP contribution in [-0.4, -0.2) is 40.5 Å². The van der Waals surface area contributed by atoms with Gasteiger partial charge < -0.3 is 10.6 Å². The second-order valence-electron chi connectivity index (χ2n) is 7.52. The van der Waals surface area contributed by atoms with Gasteiger partial charge in [-0.3, -0.25) is 4.79 Å². The second-order valence-corrected chi connectivity index (χ2v) is 7.52. The van der Waals surface area contributed by atoms with E-state index in [1.54, 1.807) is 12.1 Å². The van der Waals surface area contributed by atoms with Gasteiger partial charge in [-0.15, -0.1) is 17.5 Å². The highest BCUT2D eigenvalue weighted by Crippen LogP contribution is 2.23. The number of rotatable bonds is 5. The maximum Gasteiger partial charge on any atom is 0.273 e. The van der Waals surface area contributed by atoms with Crippen molar-refractivity contribution in [2.45, 2.75) is 45.1 Å². The summed E-state index contributed by atoms with van der Waals surface area (Å²) >= 11 is 0. The molecule has 148 valence electrons. The van der Waals surface area contributed by atoms with Gasteiger partial charge in [0.15, 0.2) is 5.69 Å². The summed E-state index contributed by atoms with van der Waals surface area (Å²) in [5.74, 6) is -0.489. The lowest BCUT2D eigenvalue weighted by Gasteiger charge is -2.25. The van der Waals surface area contributed by atoms with Gasteiger partial charge in [0, 0.05) is 12.0 Å². The van der Waals surface area contributed by atoms with Crippen LogP contribution in [0.4, 0.5) is 4.39 Å². The van der Waals surface area contributed by atoms with Gasteiger partial charge in [-0.05, 0) is 50.6 Å². The Labute approximate surface area is 165 Å². The zero-order chi connectivity index (χ0) is 18.7. The number of carbonyl (C=O) groups excluding carboxylic acids is 1. The van der Waals surface area contributed by atoms with Crippen LogP contribution in [0.15, 0.2) is 24.3 Å². The van der Waals surface area contributed by atoms with Gasteiger partial charge in [0.2, 0.25) is 0 Å². The number of nitrogens with one attached hydrogen (secondary N) is 2. The van der Waals surface area contributed by atoms with Gasteiger partial charge in [-0.2, -0.15) is 0 Å². The first-order chi connectivity index (χ1) is 12.4. The summed E-state index contributed by atoms with van der Waals surface area (Å²) in [4.78, 5) is 12.6. The normalized spacial score (nSPS) is 15.3. The lowest BCUT2D eigenvalue weighted by Crippen LogP contribution is -2.37. The number of benzene rings is 1. The van der Waals surface area contributed by atoms with E-state index in [1.807, 2.05) is 25.5 Å². The van der Waals surface area contributed by atoms with Crippen molar-refractivity contribution in [3.8, 4) is 0 Å². The summed E-state index contributed by atoms with van der Waals surface area (Å²) in [6, 6.07) is 6.67. The maximum atomic E-state index is 13.1. The molecule has 2 N–H and O–H groups in total. The first kappa shape index (κ1) is 21.3. The third-order valence-corrected chi connectivity index (χ3v) is 5.11. The molecule has 1 fully saturated rings. The van der Waals surface area contributed by atoms with Gasteiger partial charge in [0.25, 0.3) is 5.91 Å². The fourth-order valence-corrected chi connectivity index (χ4v) is 3.34. The van der Waals surface area contributed by atoms with E-state index in [4.69, 9.17) is 0 Å². The van der Waals surface area contributed by atoms with E-state index in [9.17, 15) is 9.18 Å². The molecule has 1 aliphatic rings. The van der Waals surface area contributed by atoms with E-state index in [1.165, 1.54) is 12.1 Å². The molecule has 1 aromatic heterocycles. The monoisotopic (exact) mass is 395 g/mol. The first-order valence-corrected chi connectivity index (χ1v) is 9.05. The third-order valence-electron chi connectivity index (χ3n) is 5.11. The van der Waals surface area contributed by atoms with E-state index in [-0.39, 0.29) is 29.5 Å². The Morgan fingerprint density at radius 3 is 2.56 bits per heavy atom. The summed E-state index contributed by atoms with van der Waals surface area (Å²) in [5, 5.41) is 14.6. The molecule has 27 heavy (non-hydrogen) atoms. The molecule has 1 aliphatic heterocycles. The van der Waals surface area contributed by atoms with Crippen molar-refractivity contribution >= 4 is 18.3 Å². The first-order valence-electron chi connectivity index (χ1n) is 9.05. The minimum atomic E-state index is -0.317. The number of piperidine rings is 1. The molecule has 2 aromatic rings.